The largest absolute Gasteiger partial charge is 0.494 e. The first-order valence-corrected chi connectivity index (χ1v) is 10.9. The third-order valence-electron chi connectivity index (χ3n) is 6.05. The van der Waals surface area contributed by atoms with E-state index in [0.717, 1.165) is 5.46 Å². The molecule has 1 amide bonds. The van der Waals surface area contributed by atoms with E-state index in [2.05, 4.69) is 0 Å². The van der Waals surface area contributed by atoms with Gasteiger partial charge in [0.2, 0.25) is 0 Å². The van der Waals surface area contributed by atoms with Gasteiger partial charge in [-0.15, -0.1) is 0 Å². The van der Waals surface area contributed by atoms with Crippen LogP contribution < -0.4 is 10.2 Å². The van der Waals surface area contributed by atoms with Crippen molar-refractivity contribution in [1.29, 1.82) is 0 Å². The Bertz CT molecular complexity index is 848. The molecule has 0 N–H and O–H groups in total. The lowest BCUT2D eigenvalue weighted by atomic mass is 9.79. The van der Waals surface area contributed by atoms with E-state index in [4.69, 9.17) is 23.5 Å². The number of hydrogen-bond donors (Lipinski definition) is 0. The van der Waals surface area contributed by atoms with Crippen LogP contribution in [0.5, 0.6) is 5.75 Å². The number of ether oxygens (including phenoxy) is 3. The second kappa shape index (κ2) is 8.59. The molecular formula is C23H34BNO7. The van der Waals surface area contributed by atoms with Gasteiger partial charge in [-0.25, -0.2) is 9.59 Å². The quantitative estimate of drug-likeness (QED) is 0.519. The maximum atomic E-state index is 12.6. The number of carbonyl (C=O) groups excluding carboxylic acids is 2. The van der Waals surface area contributed by atoms with Gasteiger partial charge in [-0.05, 0) is 66.1 Å². The van der Waals surface area contributed by atoms with Crippen LogP contribution in [0.4, 0.5) is 4.79 Å². The van der Waals surface area contributed by atoms with Crippen LogP contribution in [0.3, 0.4) is 0 Å². The lowest BCUT2D eigenvalue weighted by Crippen LogP contribution is -2.44. The highest BCUT2D eigenvalue weighted by atomic mass is 16.7. The van der Waals surface area contributed by atoms with Gasteiger partial charge < -0.3 is 23.5 Å². The molecule has 0 bridgehead atoms. The van der Waals surface area contributed by atoms with Crippen LogP contribution in [0, 0.1) is 0 Å². The molecule has 0 saturated carbocycles. The van der Waals surface area contributed by atoms with E-state index in [0.29, 0.717) is 12.2 Å². The molecule has 0 spiro atoms. The van der Waals surface area contributed by atoms with Crippen molar-refractivity contribution >= 4 is 24.6 Å². The number of likely N-dealkylation sites (tertiary alicyclic amines) is 1. The van der Waals surface area contributed by atoms with Gasteiger partial charge in [-0.2, -0.15) is 0 Å². The third kappa shape index (κ3) is 5.21. The molecule has 0 aliphatic carbocycles. The van der Waals surface area contributed by atoms with Crippen molar-refractivity contribution in [2.75, 3.05) is 13.7 Å². The van der Waals surface area contributed by atoms with Crippen LogP contribution in [-0.4, -0.2) is 66.7 Å². The first-order valence-electron chi connectivity index (χ1n) is 10.9. The highest BCUT2D eigenvalue weighted by Crippen LogP contribution is 2.36. The standard InChI is InChI=1S/C23H34BNO7/c1-21(2,3)30-20(27)25-14-17(13-18(25)19(26)28-8)29-16-11-9-10-15(12-16)24-31-22(4,5)23(6,7)32-24/h9-12,17-18H,13-14H2,1-8H3/t17?,18-/m0/s1. The van der Waals surface area contributed by atoms with Crippen LogP contribution in [0.15, 0.2) is 24.3 Å². The molecular weight excluding hydrogens is 413 g/mol. The van der Waals surface area contributed by atoms with Gasteiger partial charge in [-0.3, -0.25) is 4.90 Å². The summed E-state index contributed by atoms with van der Waals surface area (Å²) in [6.45, 7) is 13.6. The molecule has 2 fully saturated rings. The molecule has 8 nitrogen and oxygen atoms in total. The zero-order chi connectivity index (χ0) is 23.9. The number of amides is 1. The highest BCUT2D eigenvalue weighted by molar-refractivity contribution is 6.62. The maximum absolute atomic E-state index is 12.6. The smallest absolute Gasteiger partial charge is 0.489 e. The summed E-state index contributed by atoms with van der Waals surface area (Å²) in [7, 11) is 0.797. The van der Waals surface area contributed by atoms with Crippen LogP contribution in [0.1, 0.15) is 54.9 Å². The van der Waals surface area contributed by atoms with Gasteiger partial charge in [0.15, 0.2) is 0 Å². The minimum Gasteiger partial charge on any atom is -0.489 e. The molecule has 1 unspecified atom stereocenters. The summed E-state index contributed by atoms with van der Waals surface area (Å²) in [4.78, 5) is 26.3. The number of nitrogens with zero attached hydrogens (tertiary/aromatic N) is 1. The predicted molar refractivity (Wildman–Crippen MR) is 120 cm³/mol. The summed E-state index contributed by atoms with van der Waals surface area (Å²) < 4.78 is 28.7. The average molecular weight is 447 g/mol. The highest BCUT2D eigenvalue weighted by Gasteiger charge is 2.52. The van der Waals surface area contributed by atoms with Gasteiger partial charge in [-0.1, -0.05) is 12.1 Å². The molecule has 2 atom stereocenters. The number of benzene rings is 1. The summed E-state index contributed by atoms with van der Waals surface area (Å²) in [5.74, 6) is 0.116. The minimum atomic E-state index is -0.758. The molecule has 0 radical (unpaired) electrons. The van der Waals surface area contributed by atoms with Crippen molar-refractivity contribution in [3.8, 4) is 5.75 Å². The minimum absolute atomic E-state index is 0.218. The Labute approximate surface area is 190 Å². The predicted octanol–water partition coefficient (Wildman–Crippen LogP) is 2.92. The first-order chi connectivity index (χ1) is 14.7. The maximum Gasteiger partial charge on any atom is 0.494 e. The fourth-order valence-corrected chi connectivity index (χ4v) is 3.67. The molecule has 2 aliphatic rings. The Hall–Kier alpha value is -2.26. The monoisotopic (exact) mass is 447 g/mol. The van der Waals surface area contributed by atoms with Crippen molar-refractivity contribution in [2.45, 2.75) is 83.8 Å². The Balaban J connectivity index is 1.73. The summed E-state index contributed by atoms with van der Waals surface area (Å²) in [6.07, 6.45) is -0.641. The van der Waals surface area contributed by atoms with E-state index >= 15 is 0 Å². The molecule has 3 rings (SSSR count). The fourth-order valence-electron chi connectivity index (χ4n) is 3.67. The Morgan fingerprint density at radius 3 is 2.31 bits per heavy atom. The number of rotatable bonds is 4. The van der Waals surface area contributed by atoms with Crippen LogP contribution in [-0.2, 0) is 23.6 Å². The van der Waals surface area contributed by atoms with Gasteiger partial charge in [0.05, 0.1) is 24.9 Å². The zero-order valence-electron chi connectivity index (χ0n) is 20.3. The van der Waals surface area contributed by atoms with Crippen molar-refractivity contribution < 1.29 is 33.1 Å². The van der Waals surface area contributed by atoms with Crippen LogP contribution >= 0.6 is 0 Å². The molecule has 176 valence electrons. The lowest BCUT2D eigenvalue weighted by molar-refractivity contribution is -0.145. The molecule has 1 aromatic carbocycles. The molecule has 2 heterocycles. The Morgan fingerprint density at radius 2 is 1.75 bits per heavy atom. The van der Waals surface area contributed by atoms with E-state index in [9.17, 15) is 9.59 Å². The van der Waals surface area contributed by atoms with E-state index in [-0.39, 0.29) is 12.6 Å². The number of carbonyl (C=O) groups is 2. The summed E-state index contributed by atoms with van der Waals surface area (Å²) in [6, 6.07) is 6.73. The SMILES string of the molecule is COC(=O)[C@@H]1CC(Oc2cccc(B3OC(C)(C)C(C)(C)O3)c2)CN1C(=O)OC(C)(C)C. The van der Waals surface area contributed by atoms with Crippen molar-refractivity contribution in [1.82, 2.24) is 4.90 Å². The number of esters is 1. The van der Waals surface area contributed by atoms with Gasteiger partial charge in [0.25, 0.3) is 0 Å². The number of hydrogen-bond acceptors (Lipinski definition) is 7. The summed E-state index contributed by atoms with van der Waals surface area (Å²) in [5, 5.41) is 0. The summed E-state index contributed by atoms with van der Waals surface area (Å²) >= 11 is 0. The van der Waals surface area contributed by atoms with Crippen molar-refractivity contribution in [3.05, 3.63) is 24.3 Å². The second-order valence-electron chi connectivity index (χ2n) is 10.3. The second-order valence-corrected chi connectivity index (χ2v) is 10.3. The third-order valence-corrected chi connectivity index (χ3v) is 6.05. The van der Waals surface area contributed by atoms with Crippen molar-refractivity contribution in [3.63, 3.8) is 0 Å². The van der Waals surface area contributed by atoms with Gasteiger partial charge in [0.1, 0.15) is 23.5 Å². The number of methoxy groups -OCH3 is 1. The van der Waals surface area contributed by atoms with Gasteiger partial charge in [0, 0.05) is 6.42 Å². The van der Waals surface area contributed by atoms with Crippen LogP contribution in [0.25, 0.3) is 0 Å². The molecule has 1 aromatic rings. The molecule has 2 aliphatic heterocycles. The fraction of sp³-hybridized carbons (Fsp3) is 0.652. The van der Waals surface area contributed by atoms with E-state index < -0.39 is 42.0 Å². The van der Waals surface area contributed by atoms with Crippen LogP contribution in [0.2, 0.25) is 0 Å². The Morgan fingerprint density at radius 1 is 1.12 bits per heavy atom. The Kier molecular flexibility index (Phi) is 6.55. The molecule has 0 aromatic heterocycles. The average Bonchev–Trinajstić information content (AvgIpc) is 3.18. The van der Waals surface area contributed by atoms with E-state index in [1.807, 2.05) is 52.0 Å². The van der Waals surface area contributed by atoms with Crippen molar-refractivity contribution in [2.24, 2.45) is 0 Å². The van der Waals surface area contributed by atoms with E-state index in [1.165, 1.54) is 12.0 Å². The molecule has 2 saturated heterocycles. The zero-order valence-corrected chi connectivity index (χ0v) is 20.3. The first kappa shape index (κ1) is 24.4. The lowest BCUT2D eigenvalue weighted by Gasteiger charge is -2.32. The molecule has 32 heavy (non-hydrogen) atoms. The normalized spacial score (nSPS) is 24.4. The summed E-state index contributed by atoms with van der Waals surface area (Å²) in [5.41, 5.74) is -0.718. The topological polar surface area (TPSA) is 83.5 Å². The van der Waals surface area contributed by atoms with E-state index in [1.54, 1.807) is 20.8 Å². The molecule has 9 heteroatoms. The van der Waals surface area contributed by atoms with Gasteiger partial charge >= 0.3 is 19.2 Å².